The Morgan fingerprint density at radius 1 is 1.21 bits per heavy atom. The number of hydrogen-bond donors (Lipinski definition) is 1. The van der Waals surface area contributed by atoms with Gasteiger partial charge < -0.3 is 5.73 Å². The van der Waals surface area contributed by atoms with Gasteiger partial charge >= 0.3 is 0 Å². The third-order valence-corrected chi connectivity index (χ3v) is 4.01. The molecule has 0 aliphatic heterocycles. The highest BCUT2D eigenvalue weighted by Crippen LogP contribution is 2.52. The second kappa shape index (κ2) is 4.42. The first-order valence-electron chi connectivity index (χ1n) is 6.78. The maximum Gasteiger partial charge on any atom is 0.139 e. The second-order valence-electron chi connectivity index (χ2n) is 5.47. The van der Waals surface area contributed by atoms with E-state index in [9.17, 15) is 0 Å². The molecule has 1 atom stereocenters. The molecular formula is C16H19N3. The van der Waals surface area contributed by atoms with Crippen molar-refractivity contribution in [1.29, 1.82) is 0 Å². The first-order valence-corrected chi connectivity index (χ1v) is 6.78. The van der Waals surface area contributed by atoms with Gasteiger partial charge in [0.15, 0.2) is 0 Å². The molecule has 3 rings (SSSR count). The van der Waals surface area contributed by atoms with Gasteiger partial charge in [-0.3, -0.25) is 0 Å². The lowest BCUT2D eigenvalue weighted by Crippen LogP contribution is -2.16. The van der Waals surface area contributed by atoms with Crippen molar-refractivity contribution < 1.29 is 0 Å². The van der Waals surface area contributed by atoms with E-state index >= 15 is 0 Å². The third-order valence-electron chi connectivity index (χ3n) is 4.01. The fourth-order valence-corrected chi connectivity index (χ4v) is 2.68. The van der Waals surface area contributed by atoms with Crippen LogP contribution in [0.1, 0.15) is 48.5 Å². The Hall–Kier alpha value is -1.74. The van der Waals surface area contributed by atoms with Crippen molar-refractivity contribution in [3.63, 3.8) is 0 Å². The van der Waals surface area contributed by atoms with E-state index in [1.165, 1.54) is 5.56 Å². The van der Waals surface area contributed by atoms with E-state index < -0.39 is 0 Å². The second-order valence-corrected chi connectivity index (χ2v) is 5.47. The maximum absolute atomic E-state index is 5.92. The fourth-order valence-electron chi connectivity index (χ4n) is 2.68. The highest BCUT2D eigenvalue weighted by molar-refractivity contribution is 5.39. The molecule has 0 bridgehead atoms. The highest BCUT2D eigenvalue weighted by Gasteiger charge is 2.48. The third kappa shape index (κ3) is 2.04. The number of aromatic nitrogens is 2. The van der Waals surface area contributed by atoms with Crippen molar-refractivity contribution in [2.24, 2.45) is 5.73 Å². The Labute approximate surface area is 113 Å². The largest absolute Gasteiger partial charge is 0.324 e. The average Bonchev–Trinajstić information content (AvgIpc) is 3.20. The van der Waals surface area contributed by atoms with Crippen LogP contribution < -0.4 is 5.73 Å². The Morgan fingerprint density at radius 2 is 1.89 bits per heavy atom. The normalized spacial score (nSPS) is 18.1. The van der Waals surface area contributed by atoms with Crippen molar-refractivity contribution in [3.05, 3.63) is 59.2 Å². The summed E-state index contributed by atoms with van der Waals surface area (Å²) in [6, 6.07) is 10.5. The van der Waals surface area contributed by atoms with Crippen LogP contribution in [0.15, 0.2) is 36.5 Å². The summed E-state index contributed by atoms with van der Waals surface area (Å²) in [5.74, 6) is 0.945. The lowest BCUT2D eigenvalue weighted by atomic mass is 9.94. The molecule has 1 aromatic heterocycles. The molecule has 2 N–H and O–H groups in total. The molecule has 1 heterocycles. The van der Waals surface area contributed by atoms with Gasteiger partial charge in [0, 0.05) is 23.5 Å². The molecule has 1 aliphatic carbocycles. The average molecular weight is 253 g/mol. The van der Waals surface area contributed by atoms with Crippen LogP contribution in [0.3, 0.4) is 0 Å². The van der Waals surface area contributed by atoms with Gasteiger partial charge in [0.1, 0.15) is 5.82 Å². The minimum absolute atomic E-state index is 0.0130. The van der Waals surface area contributed by atoms with E-state index in [0.717, 1.165) is 29.9 Å². The smallest absolute Gasteiger partial charge is 0.139 e. The van der Waals surface area contributed by atoms with Crippen LogP contribution in [0, 0.1) is 6.92 Å². The number of rotatable bonds is 3. The molecule has 0 amide bonds. The van der Waals surface area contributed by atoms with Gasteiger partial charge in [-0.2, -0.15) is 0 Å². The number of hydrogen-bond acceptors (Lipinski definition) is 3. The predicted octanol–water partition coefficient (Wildman–Crippen LogP) is 2.88. The Kier molecular flexibility index (Phi) is 2.86. The molecule has 1 saturated carbocycles. The lowest BCUT2D eigenvalue weighted by molar-refractivity contribution is 0.718. The van der Waals surface area contributed by atoms with E-state index in [1.54, 1.807) is 0 Å². The van der Waals surface area contributed by atoms with Crippen LogP contribution in [-0.4, -0.2) is 9.97 Å². The van der Waals surface area contributed by atoms with E-state index in [1.807, 2.05) is 26.1 Å². The van der Waals surface area contributed by atoms with Crippen LogP contribution >= 0.6 is 0 Å². The standard InChI is InChI=1S/C16H19N3/c1-11(17)14-10-18-15(19-12(14)2)16(8-9-16)13-6-4-3-5-7-13/h3-7,10-11H,8-9,17H2,1-2H3/t11-/m1/s1. The van der Waals surface area contributed by atoms with Crippen molar-refractivity contribution >= 4 is 0 Å². The fraction of sp³-hybridized carbons (Fsp3) is 0.375. The van der Waals surface area contributed by atoms with Crippen LogP contribution in [0.2, 0.25) is 0 Å². The molecule has 0 radical (unpaired) electrons. The summed E-state index contributed by atoms with van der Waals surface area (Å²) in [6.07, 6.45) is 4.16. The molecule has 0 unspecified atom stereocenters. The summed E-state index contributed by atoms with van der Waals surface area (Å²) in [5.41, 5.74) is 9.32. The minimum Gasteiger partial charge on any atom is -0.324 e. The van der Waals surface area contributed by atoms with Gasteiger partial charge in [-0.25, -0.2) is 9.97 Å². The van der Waals surface area contributed by atoms with Gasteiger partial charge in [0.05, 0.1) is 5.41 Å². The zero-order valence-corrected chi connectivity index (χ0v) is 11.4. The van der Waals surface area contributed by atoms with E-state index in [0.29, 0.717) is 0 Å². The molecule has 2 aromatic rings. The minimum atomic E-state index is -0.0130. The SMILES string of the molecule is Cc1nc(C2(c3ccccc3)CC2)ncc1[C@@H](C)N. The van der Waals surface area contributed by atoms with Crippen molar-refractivity contribution in [2.45, 2.75) is 38.1 Å². The first-order chi connectivity index (χ1) is 9.13. The first kappa shape index (κ1) is 12.3. The van der Waals surface area contributed by atoms with Crippen molar-refractivity contribution in [1.82, 2.24) is 9.97 Å². The Morgan fingerprint density at radius 3 is 2.42 bits per heavy atom. The van der Waals surface area contributed by atoms with Crippen molar-refractivity contribution in [3.8, 4) is 0 Å². The van der Waals surface area contributed by atoms with Crippen LogP contribution in [0.4, 0.5) is 0 Å². The Balaban J connectivity index is 2.02. The number of benzene rings is 1. The molecule has 1 aromatic carbocycles. The van der Waals surface area contributed by atoms with E-state index in [4.69, 9.17) is 10.7 Å². The van der Waals surface area contributed by atoms with Crippen LogP contribution in [0.5, 0.6) is 0 Å². The number of nitrogens with two attached hydrogens (primary N) is 1. The predicted molar refractivity (Wildman–Crippen MR) is 75.8 cm³/mol. The zero-order chi connectivity index (χ0) is 13.5. The molecule has 19 heavy (non-hydrogen) atoms. The van der Waals surface area contributed by atoms with Gasteiger partial charge in [0.2, 0.25) is 0 Å². The molecule has 3 heteroatoms. The molecular weight excluding hydrogens is 234 g/mol. The lowest BCUT2D eigenvalue weighted by Gasteiger charge is -2.16. The monoisotopic (exact) mass is 253 g/mol. The zero-order valence-electron chi connectivity index (χ0n) is 11.4. The molecule has 1 aliphatic rings. The van der Waals surface area contributed by atoms with Gasteiger partial charge in [-0.05, 0) is 32.3 Å². The van der Waals surface area contributed by atoms with E-state index in [2.05, 4.69) is 29.2 Å². The summed E-state index contributed by atoms with van der Waals surface area (Å²) < 4.78 is 0. The van der Waals surface area contributed by atoms with Gasteiger partial charge in [-0.15, -0.1) is 0 Å². The van der Waals surface area contributed by atoms with Gasteiger partial charge in [0.25, 0.3) is 0 Å². The number of nitrogens with zero attached hydrogens (tertiary/aromatic N) is 2. The summed E-state index contributed by atoms with van der Waals surface area (Å²) in [6.45, 7) is 3.99. The summed E-state index contributed by atoms with van der Waals surface area (Å²) in [7, 11) is 0. The molecule has 0 spiro atoms. The van der Waals surface area contributed by atoms with Crippen LogP contribution in [0.25, 0.3) is 0 Å². The summed E-state index contributed by atoms with van der Waals surface area (Å²) in [5, 5.41) is 0. The molecule has 98 valence electrons. The van der Waals surface area contributed by atoms with E-state index in [-0.39, 0.29) is 11.5 Å². The maximum atomic E-state index is 5.92. The van der Waals surface area contributed by atoms with Crippen LogP contribution in [-0.2, 0) is 5.41 Å². The van der Waals surface area contributed by atoms with Crippen molar-refractivity contribution in [2.75, 3.05) is 0 Å². The van der Waals surface area contributed by atoms with Gasteiger partial charge in [-0.1, -0.05) is 30.3 Å². The topological polar surface area (TPSA) is 51.8 Å². The molecule has 3 nitrogen and oxygen atoms in total. The summed E-state index contributed by atoms with van der Waals surface area (Å²) in [4.78, 5) is 9.29. The Bertz CT molecular complexity index is 586. The molecule has 1 fully saturated rings. The highest BCUT2D eigenvalue weighted by atomic mass is 14.9. The molecule has 0 saturated heterocycles. The summed E-state index contributed by atoms with van der Waals surface area (Å²) >= 11 is 0. The number of aryl methyl sites for hydroxylation is 1. The quantitative estimate of drug-likeness (QED) is 0.915.